The molecule has 2 aromatic carbocycles. The van der Waals surface area contributed by atoms with Gasteiger partial charge in [0.25, 0.3) is 0 Å². The molecule has 0 atom stereocenters. The Morgan fingerprint density at radius 1 is 1.18 bits per heavy atom. The highest BCUT2D eigenvalue weighted by Crippen LogP contribution is 2.30. The smallest absolute Gasteiger partial charge is 0.416 e. The Morgan fingerprint density at radius 3 is 2.50 bits per heavy atom. The molecule has 0 bridgehead atoms. The van der Waals surface area contributed by atoms with Crippen LogP contribution < -0.4 is 0 Å². The number of halogens is 4. The second-order valence-electron chi connectivity index (χ2n) is 5.72. The summed E-state index contributed by atoms with van der Waals surface area (Å²) in [4.78, 5) is 12.6. The van der Waals surface area contributed by atoms with Crippen LogP contribution in [0.25, 0.3) is 5.69 Å². The van der Waals surface area contributed by atoms with Gasteiger partial charge in [0.2, 0.25) is 0 Å². The van der Waals surface area contributed by atoms with Crippen molar-refractivity contribution >= 4 is 40.3 Å². The molecule has 3 rings (SSSR count). The van der Waals surface area contributed by atoms with E-state index in [1.807, 2.05) is 12.1 Å². The third kappa shape index (κ3) is 4.88. The van der Waals surface area contributed by atoms with E-state index < -0.39 is 11.7 Å². The third-order valence-corrected chi connectivity index (χ3v) is 6.20. The topological polar surface area (TPSA) is 44.1 Å². The van der Waals surface area contributed by atoms with Gasteiger partial charge in [-0.2, -0.15) is 18.3 Å². The Labute approximate surface area is 177 Å². The maximum atomic E-state index is 12.7. The standard InChI is InChI=1S/C19H14F3IN2O2S/c1-27-18(26)12-2-7-17(16(23)10-12)28-11-14-8-9-25(24-14)15-5-3-13(4-6-15)19(20,21)22/h2-10H,11H2,1H3. The molecular formula is C19H14F3IN2O2S. The fraction of sp³-hybridized carbons (Fsp3) is 0.158. The molecule has 0 unspecified atom stereocenters. The molecule has 0 aliphatic rings. The van der Waals surface area contributed by atoms with Gasteiger partial charge in [0.05, 0.1) is 29.6 Å². The fourth-order valence-corrected chi connectivity index (χ4v) is 4.20. The molecule has 0 aliphatic carbocycles. The minimum atomic E-state index is -4.36. The van der Waals surface area contributed by atoms with Gasteiger partial charge >= 0.3 is 12.1 Å². The Hall–Kier alpha value is -2.01. The number of alkyl halides is 3. The minimum Gasteiger partial charge on any atom is -0.465 e. The summed E-state index contributed by atoms with van der Waals surface area (Å²) in [5, 5.41) is 4.41. The molecular weight excluding hydrogens is 504 g/mol. The van der Waals surface area contributed by atoms with Crippen molar-refractivity contribution in [1.82, 2.24) is 9.78 Å². The lowest BCUT2D eigenvalue weighted by atomic mass is 10.2. The van der Waals surface area contributed by atoms with Gasteiger partial charge in [-0.3, -0.25) is 0 Å². The van der Waals surface area contributed by atoms with Crippen molar-refractivity contribution < 1.29 is 22.7 Å². The highest BCUT2D eigenvalue weighted by atomic mass is 127. The zero-order chi connectivity index (χ0) is 20.3. The quantitative estimate of drug-likeness (QED) is 0.252. The molecule has 0 spiro atoms. The van der Waals surface area contributed by atoms with Gasteiger partial charge in [0.1, 0.15) is 0 Å². The number of hydrogen-bond donors (Lipinski definition) is 0. The molecule has 4 nitrogen and oxygen atoms in total. The summed E-state index contributed by atoms with van der Waals surface area (Å²) in [7, 11) is 1.34. The first-order valence-corrected chi connectivity index (χ1v) is 10.1. The van der Waals surface area contributed by atoms with E-state index in [2.05, 4.69) is 27.7 Å². The summed E-state index contributed by atoms with van der Waals surface area (Å²) in [6.07, 6.45) is -2.64. The number of nitrogens with zero attached hydrogens (tertiary/aromatic N) is 2. The Bertz CT molecular complexity index is 988. The summed E-state index contributed by atoms with van der Waals surface area (Å²) in [6, 6.07) is 12.0. The number of ether oxygens (including phenoxy) is 1. The lowest BCUT2D eigenvalue weighted by Crippen LogP contribution is -2.05. The third-order valence-electron chi connectivity index (χ3n) is 3.83. The van der Waals surface area contributed by atoms with E-state index in [0.29, 0.717) is 17.0 Å². The number of rotatable bonds is 5. The maximum absolute atomic E-state index is 12.7. The fourth-order valence-electron chi connectivity index (χ4n) is 2.40. The maximum Gasteiger partial charge on any atom is 0.416 e. The van der Waals surface area contributed by atoms with E-state index >= 15 is 0 Å². The van der Waals surface area contributed by atoms with Crippen molar-refractivity contribution in [2.24, 2.45) is 0 Å². The monoisotopic (exact) mass is 518 g/mol. The number of aromatic nitrogens is 2. The van der Waals surface area contributed by atoms with E-state index in [1.165, 1.54) is 19.2 Å². The zero-order valence-corrected chi connectivity index (χ0v) is 17.5. The molecule has 3 aromatic rings. The predicted octanol–water partition coefficient (Wildman–Crippen LogP) is 5.57. The number of carbonyl (C=O) groups is 1. The molecule has 0 saturated heterocycles. The molecule has 0 saturated carbocycles. The van der Waals surface area contributed by atoms with Crippen LogP contribution in [0, 0.1) is 3.57 Å². The SMILES string of the molecule is COC(=O)c1ccc(SCc2ccn(-c3ccc(C(F)(F)F)cc3)n2)c(I)c1. The average Bonchev–Trinajstić information content (AvgIpc) is 3.15. The van der Waals surface area contributed by atoms with E-state index in [0.717, 1.165) is 26.3 Å². The van der Waals surface area contributed by atoms with Crippen LogP contribution in [-0.4, -0.2) is 22.9 Å². The van der Waals surface area contributed by atoms with Crippen LogP contribution in [0.3, 0.4) is 0 Å². The number of carbonyl (C=O) groups excluding carboxylic acids is 1. The summed E-state index contributed by atoms with van der Waals surface area (Å²) in [5.41, 5.74) is 1.14. The first-order valence-electron chi connectivity index (χ1n) is 8.01. The van der Waals surface area contributed by atoms with Crippen LogP contribution in [-0.2, 0) is 16.7 Å². The van der Waals surface area contributed by atoms with Crippen molar-refractivity contribution in [3.8, 4) is 5.69 Å². The molecule has 1 heterocycles. The molecule has 0 N–H and O–H groups in total. The number of methoxy groups -OCH3 is 1. The zero-order valence-electron chi connectivity index (χ0n) is 14.5. The summed E-state index contributed by atoms with van der Waals surface area (Å²) in [5.74, 6) is 0.200. The van der Waals surface area contributed by atoms with Crippen LogP contribution >= 0.6 is 34.4 Å². The van der Waals surface area contributed by atoms with Gasteiger partial charge in [0.15, 0.2) is 0 Å². The second-order valence-corrected chi connectivity index (χ2v) is 7.90. The normalized spacial score (nSPS) is 11.5. The van der Waals surface area contributed by atoms with Crippen LogP contribution in [0.2, 0.25) is 0 Å². The summed E-state index contributed by atoms with van der Waals surface area (Å²) < 4.78 is 45.1. The minimum absolute atomic E-state index is 0.384. The molecule has 28 heavy (non-hydrogen) atoms. The van der Waals surface area contributed by atoms with Gasteiger partial charge in [-0.05, 0) is 71.1 Å². The van der Waals surface area contributed by atoms with Gasteiger partial charge < -0.3 is 4.74 Å². The van der Waals surface area contributed by atoms with E-state index in [1.54, 1.807) is 34.8 Å². The second kappa shape index (κ2) is 8.56. The van der Waals surface area contributed by atoms with Crippen molar-refractivity contribution in [3.05, 3.63) is 75.1 Å². The molecule has 0 amide bonds. The first kappa shape index (κ1) is 20.7. The van der Waals surface area contributed by atoms with Crippen molar-refractivity contribution in [2.75, 3.05) is 7.11 Å². The Kier molecular flexibility index (Phi) is 6.33. The predicted molar refractivity (Wildman–Crippen MR) is 109 cm³/mol. The number of thioether (sulfide) groups is 1. The summed E-state index contributed by atoms with van der Waals surface area (Å²) in [6.45, 7) is 0. The highest BCUT2D eigenvalue weighted by molar-refractivity contribution is 14.1. The lowest BCUT2D eigenvalue weighted by Gasteiger charge is -2.07. The average molecular weight is 518 g/mol. The van der Waals surface area contributed by atoms with Gasteiger partial charge in [-0.1, -0.05) is 0 Å². The molecule has 146 valence electrons. The van der Waals surface area contributed by atoms with Crippen molar-refractivity contribution in [2.45, 2.75) is 16.8 Å². The van der Waals surface area contributed by atoms with Gasteiger partial charge in [-0.15, -0.1) is 11.8 Å². The summed E-state index contributed by atoms with van der Waals surface area (Å²) >= 11 is 3.71. The Morgan fingerprint density at radius 2 is 1.89 bits per heavy atom. The van der Waals surface area contributed by atoms with Crippen molar-refractivity contribution in [3.63, 3.8) is 0 Å². The molecule has 0 radical (unpaired) electrons. The van der Waals surface area contributed by atoms with E-state index in [9.17, 15) is 18.0 Å². The molecule has 9 heteroatoms. The van der Waals surface area contributed by atoms with E-state index in [-0.39, 0.29) is 5.97 Å². The van der Waals surface area contributed by atoms with Crippen molar-refractivity contribution in [1.29, 1.82) is 0 Å². The molecule has 0 aliphatic heterocycles. The van der Waals surface area contributed by atoms with Crippen LogP contribution in [0.4, 0.5) is 13.2 Å². The lowest BCUT2D eigenvalue weighted by molar-refractivity contribution is -0.137. The van der Waals surface area contributed by atoms with Crippen LogP contribution in [0.1, 0.15) is 21.6 Å². The number of esters is 1. The largest absolute Gasteiger partial charge is 0.465 e. The number of benzene rings is 2. The molecule has 1 aromatic heterocycles. The Balaban J connectivity index is 1.67. The van der Waals surface area contributed by atoms with Crippen LogP contribution in [0.15, 0.2) is 59.6 Å². The van der Waals surface area contributed by atoms with Crippen LogP contribution in [0.5, 0.6) is 0 Å². The first-order chi connectivity index (χ1) is 13.3. The highest BCUT2D eigenvalue weighted by Gasteiger charge is 2.30. The van der Waals surface area contributed by atoms with E-state index in [4.69, 9.17) is 4.74 Å². The van der Waals surface area contributed by atoms with Gasteiger partial charge in [0, 0.05) is 20.4 Å². The molecule has 0 fully saturated rings. The number of hydrogen-bond acceptors (Lipinski definition) is 4. The van der Waals surface area contributed by atoms with Gasteiger partial charge in [-0.25, -0.2) is 9.48 Å².